The van der Waals surface area contributed by atoms with Crippen LogP contribution in [0, 0.1) is 10.1 Å². The fourth-order valence-corrected chi connectivity index (χ4v) is 2.69. The van der Waals surface area contributed by atoms with Crippen molar-refractivity contribution in [3.63, 3.8) is 0 Å². The summed E-state index contributed by atoms with van der Waals surface area (Å²) in [6, 6.07) is 18.7. The number of azo groups is 1. The number of anilines is 3. The summed E-state index contributed by atoms with van der Waals surface area (Å²) < 4.78 is 0. The molecule has 3 N–H and O–H groups in total. The zero-order chi connectivity index (χ0) is 21.6. The van der Waals surface area contributed by atoms with E-state index in [9.17, 15) is 10.1 Å². The molecule has 152 valence electrons. The van der Waals surface area contributed by atoms with Crippen LogP contribution in [0.2, 0.25) is 0 Å². The predicted octanol–water partition coefficient (Wildman–Crippen LogP) is 5.19. The number of nitrogens with two attached hydrogens (primary N) is 1. The molecule has 0 saturated carbocycles. The summed E-state index contributed by atoms with van der Waals surface area (Å²) in [5.41, 5.74) is 8.37. The first-order valence-corrected chi connectivity index (χ1v) is 9.16. The van der Waals surface area contributed by atoms with Crippen LogP contribution in [0.15, 0.2) is 89.4 Å². The predicted molar refractivity (Wildman–Crippen MR) is 117 cm³/mol. The van der Waals surface area contributed by atoms with Gasteiger partial charge in [0.05, 0.1) is 10.6 Å². The molecule has 4 aromatic rings. The topological polar surface area (TPSA) is 145 Å². The number of rotatable bonds is 6. The monoisotopic (exact) mass is 412 g/mol. The van der Waals surface area contributed by atoms with E-state index in [0.717, 1.165) is 11.3 Å². The van der Waals surface area contributed by atoms with Crippen molar-refractivity contribution in [2.75, 3.05) is 11.1 Å². The molecule has 4 rings (SSSR count). The number of pyridine rings is 1. The van der Waals surface area contributed by atoms with E-state index in [1.165, 1.54) is 24.3 Å². The Labute approximate surface area is 176 Å². The molecule has 2 heterocycles. The van der Waals surface area contributed by atoms with E-state index in [-0.39, 0.29) is 17.2 Å². The third-order valence-corrected chi connectivity index (χ3v) is 4.21. The first-order chi connectivity index (χ1) is 15.1. The van der Waals surface area contributed by atoms with E-state index >= 15 is 0 Å². The van der Waals surface area contributed by atoms with Crippen molar-refractivity contribution >= 4 is 34.4 Å². The summed E-state index contributed by atoms with van der Waals surface area (Å²) in [6.07, 6.45) is 3.28. The molecule has 10 heteroatoms. The zero-order valence-corrected chi connectivity index (χ0v) is 16.1. The molecule has 10 nitrogen and oxygen atoms in total. The molecule has 0 atom stereocenters. The van der Waals surface area contributed by atoms with Crippen molar-refractivity contribution < 1.29 is 4.92 Å². The van der Waals surface area contributed by atoms with Gasteiger partial charge in [-0.1, -0.05) is 18.2 Å². The van der Waals surface area contributed by atoms with Crippen LogP contribution < -0.4 is 11.1 Å². The number of nitrogen functional groups attached to an aromatic ring is 1. The molecule has 0 spiro atoms. The number of nitro benzene ring substituents is 1. The third-order valence-electron chi connectivity index (χ3n) is 4.21. The number of nitro groups is 1. The SMILES string of the molecule is Nc1nc(-c2ccncc2)nc(Nc2ccccc2)c1N=Nc1ccc([N+](=O)[O-])cc1. The average Bonchev–Trinajstić information content (AvgIpc) is 2.80. The van der Waals surface area contributed by atoms with Crippen LogP contribution in [0.25, 0.3) is 11.4 Å². The molecule has 0 amide bonds. The Hall–Kier alpha value is -4.73. The molecule has 0 fully saturated rings. The van der Waals surface area contributed by atoms with Gasteiger partial charge in [0.2, 0.25) is 0 Å². The standard InChI is InChI=1S/C21H16N8O2/c22-19-18(28-27-16-6-8-17(9-7-16)29(30)31)21(24-15-4-2-1-3-5-15)26-20(25-19)14-10-12-23-13-11-14/h1-13H,(H3,22,24,25,26). The van der Waals surface area contributed by atoms with Gasteiger partial charge in [0.15, 0.2) is 23.1 Å². The maximum Gasteiger partial charge on any atom is 0.269 e. The number of hydrogen-bond donors (Lipinski definition) is 2. The van der Waals surface area contributed by atoms with Crippen molar-refractivity contribution in [1.82, 2.24) is 15.0 Å². The minimum Gasteiger partial charge on any atom is -0.382 e. The van der Waals surface area contributed by atoms with Crippen LogP contribution in [-0.2, 0) is 0 Å². The fourth-order valence-electron chi connectivity index (χ4n) is 2.69. The highest BCUT2D eigenvalue weighted by Crippen LogP contribution is 2.34. The van der Waals surface area contributed by atoms with Crippen LogP contribution >= 0.6 is 0 Å². The minimum atomic E-state index is -0.480. The van der Waals surface area contributed by atoms with E-state index in [1.54, 1.807) is 24.5 Å². The van der Waals surface area contributed by atoms with Gasteiger partial charge in [0, 0.05) is 35.8 Å². The lowest BCUT2D eigenvalue weighted by Crippen LogP contribution is -2.02. The second-order valence-electron chi connectivity index (χ2n) is 6.33. The molecule has 0 aliphatic carbocycles. The molecule has 0 unspecified atom stereocenters. The van der Waals surface area contributed by atoms with Crippen LogP contribution in [-0.4, -0.2) is 19.9 Å². The highest BCUT2D eigenvalue weighted by atomic mass is 16.6. The average molecular weight is 412 g/mol. The quantitative estimate of drug-likeness (QED) is 0.252. The molecule has 2 aromatic heterocycles. The van der Waals surface area contributed by atoms with Crippen molar-refractivity contribution in [3.8, 4) is 11.4 Å². The molecule has 0 radical (unpaired) electrons. The smallest absolute Gasteiger partial charge is 0.269 e. The number of non-ortho nitro benzene ring substituents is 1. The van der Waals surface area contributed by atoms with E-state index < -0.39 is 4.92 Å². The summed E-state index contributed by atoms with van der Waals surface area (Å²) in [5.74, 6) is 0.912. The van der Waals surface area contributed by atoms with Crippen molar-refractivity contribution in [1.29, 1.82) is 0 Å². The van der Waals surface area contributed by atoms with Crippen LogP contribution in [0.1, 0.15) is 0 Å². The fraction of sp³-hybridized carbons (Fsp3) is 0. The highest BCUT2D eigenvalue weighted by Gasteiger charge is 2.14. The summed E-state index contributed by atoms with van der Waals surface area (Å²) in [4.78, 5) is 23.3. The van der Waals surface area contributed by atoms with Gasteiger partial charge >= 0.3 is 0 Å². The number of para-hydroxylation sites is 1. The number of benzene rings is 2. The Morgan fingerprint density at radius 1 is 0.903 bits per heavy atom. The number of hydrogen-bond acceptors (Lipinski definition) is 9. The zero-order valence-electron chi connectivity index (χ0n) is 16.1. The van der Waals surface area contributed by atoms with E-state index in [1.807, 2.05) is 30.3 Å². The van der Waals surface area contributed by atoms with E-state index in [2.05, 4.69) is 30.5 Å². The van der Waals surface area contributed by atoms with E-state index in [4.69, 9.17) is 5.73 Å². The molecule has 2 aromatic carbocycles. The lowest BCUT2D eigenvalue weighted by Gasteiger charge is -2.11. The normalized spacial score (nSPS) is 10.8. The first-order valence-electron chi connectivity index (χ1n) is 9.16. The van der Waals surface area contributed by atoms with Gasteiger partial charge < -0.3 is 11.1 Å². The number of nitrogens with one attached hydrogen (secondary N) is 1. The minimum absolute atomic E-state index is 0.0325. The largest absolute Gasteiger partial charge is 0.382 e. The molecule has 31 heavy (non-hydrogen) atoms. The summed E-state index contributed by atoms with van der Waals surface area (Å²) >= 11 is 0. The summed E-state index contributed by atoms with van der Waals surface area (Å²) in [5, 5.41) is 22.4. The van der Waals surface area contributed by atoms with Gasteiger partial charge in [-0.15, -0.1) is 5.11 Å². The molecule has 0 aliphatic rings. The van der Waals surface area contributed by atoms with Crippen LogP contribution in [0.5, 0.6) is 0 Å². The van der Waals surface area contributed by atoms with Gasteiger partial charge in [-0.3, -0.25) is 15.1 Å². The molecule has 0 bridgehead atoms. The lowest BCUT2D eigenvalue weighted by atomic mass is 10.2. The van der Waals surface area contributed by atoms with Crippen LogP contribution in [0.4, 0.5) is 34.4 Å². The van der Waals surface area contributed by atoms with Crippen molar-refractivity contribution in [3.05, 3.63) is 89.2 Å². The van der Waals surface area contributed by atoms with Gasteiger partial charge in [-0.25, -0.2) is 9.97 Å². The third kappa shape index (κ3) is 4.65. The van der Waals surface area contributed by atoms with Gasteiger partial charge in [-0.2, -0.15) is 5.11 Å². The van der Waals surface area contributed by atoms with Gasteiger partial charge in [-0.05, 0) is 36.4 Å². The van der Waals surface area contributed by atoms with Crippen molar-refractivity contribution in [2.24, 2.45) is 10.2 Å². The maximum atomic E-state index is 10.8. The second-order valence-corrected chi connectivity index (χ2v) is 6.33. The Bertz CT molecular complexity index is 1230. The summed E-state index contributed by atoms with van der Waals surface area (Å²) in [6.45, 7) is 0. The highest BCUT2D eigenvalue weighted by molar-refractivity contribution is 5.78. The number of nitrogens with zero attached hydrogens (tertiary/aromatic N) is 6. The van der Waals surface area contributed by atoms with Gasteiger partial charge in [0.25, 0.3) is 5.69 Å². The first kappa shape index (κ1) is 19.6. The van der Waals surface area contributed by atoms with Crippen molar-refractivity contribution in [2.45, 2.75) is 0 Å². The summed E-state index contributed by atoms with van der Waals surface area (Å²) in [7, 11) is 0. The maximum absolute atomic E-state index is 10.8. The number of aromatic nitrogens is 3. The molecule has 0 aliphatic heterocycles. The lowest BCUT2D eigenvalue weighted by molar-refractivity contribution is -0.384. The Balaban J connectivity index is 1.73. The molecule has 0 saturated heterocycles. The Morgan fingerprint density at radius 2 is 1.61 bits per heavy atom. The molecular formula is C21H16N8O2. The Kier molecular flexibility index (Phi) is 5.52. The Morgan fingerprint density at radius 3 is 2.29 bits per heavy atom. The second kappa shape index (κ2) is 8.74. The molecular weight excluding hydrogens is 396 g/mol. The van der Waals surface area contributed by atoms with E-state index in [0.29, 0.717) is 17.3 Å². The van der Waals surface area contributed by atoms with Crippen LogP contribution in [0.3, 0.4) is 0 Å². The van der Waals surface area contributed by atoms with Gasteiger partial charge in [0.1, 0.15) is 0 Å².